The molecule has 0 spiro atoms. The first-order valence-corrected chi connectivity index (χ1v) is 7.42. The van der Waals surface area contributed by atoms with Crippen LogP contribution >= 0.6 is 15.9 Å². The maximum Gasteiger partial charge on any atom is 0.142 e. The van der Waals surface area contributed by atoms with Crippen LogP contribution in [0.5, 0.6) is 11.5 Å². The van der Waals surface area contributed by atoms with E-state index < -0.39 is 0 Å². The normalized spacial score (nSPS) is 10.0. The van der Waals surface area contributed by atoms with E-state index in [0.717, 1.165) is 21.7 Å². The van der Waals surface area contributed by atoms with Gasteiger partial charge in [-0.25, -0.2) is 0 Å². The van der Waals surface area contributed by atoms with Crippen molar-refractivity contribution in [3.8, 4) is 11.5 Å². The van der Waals surface area contributed by atoms with Gasteiger partial charge >= 0.3 is 0 Å². The van der Waals surface area contributed by atoms with Gasteiger partial charge in [-0.1, -0.05) is 40.7 Å². The molecule has 110 valence electrons. The molecule has 1 N–H and O–H groups in total. The van der Waals surface area contributed by atoms with Crippen molar-refractivity contribution in [3.05, 3.63) is 65.2 Å². The van der Waals surface area contributed by atoms with Gasteiger partial charge in [0.1, 0.15) is 18.1 Å². The first kappa shape index (κ1) is 15.4. The quantitative estimate of drug-likeness (QED) is 0.740. The topological polar surface area (TPSA) is 30.5 Å². The van der Waals surface area contributed by atoms with Gasteiger partial charge in [0.15, 0.2) is 0 Å². The van der Waals surface area contributed by atoms with Crippen LogP contribution in [0.4, 0.5) is 5.69 Å². The lowest BCUT2D eigenvalue weighted by Crippen LogP contribution is -2.01. The molecule has 0 saturated heterocycles. The molecule has 0 atom stereocenters. The third kappa shape index (κ3) is 4.53. The Hall–Kier alpha value is -1.94. The Morgan fingerprint density at radius 2 is 1.95 bits per heavy atom. The van der Waals surface area contributed by atoms with Crippen molar-refractivity contribution in [1.82, 2.24) is 0 Å². The number of hydrogen-bond donors (Lipinski definition) is 1. The Bertz CT molecular complexity index is 596. The van der Waals surface area contributed by atoms with Crippen molar-refractivity contribution in [1.29, 1.82) is 0 Å². The van der Waals surface area contributed by atoms with E-state index in [-0.39, 0.29) is 0 Å². The maximum absolute atomic E-state index is 5.46. The van der Waals surface area contributed by atoms with E-state index in [1.54, 1.807) is 13.2 Å². The molecule has 0 heterocycles. The highest BCUT2D eigenvalue weighted by Gasteiger charge is 2.03. The van der Waals surface area contributed by atoms with Crippen LogP contribution < -0.4 is 14.8 Å². The van der Waals surface area contributed by atoms with Gasteiger partial charge in [-0.15, -0.1) is 0 Å². The SMILES string of the molecule is C=CCOc1ccc(CNc2cc(Br)ccc2OC)cc1. The van der Waals surface area contributed by atoms with Gasteiger partial charge in [-0.05, 0) is 35.9 Å². The van der Waals surface area contributed by atoms with Crippen LogP contribution in [0.15, 0.2) is 59.6 Å². The van der Waals surface area contributed by atoms with Crippen LogP contribution in [0.1, 0.15) is 5.56 Å². The minimum Gasteiger partial charge on any atom is -0.495 e. The highest BCUT2D eigenvalue weighted by atomic mass is 79.9. The summed E-state index contributed by atoms with van der Waals surface area (Å²) in [6.45, 7) is 4.87. The summed E-state index contributed by atoms with van der Waals surface area (Å²) < 4.78 is 11.8. The van der Waals surface area contributed by atoms with Gasteiger partial charge in [-0.3, -0.25) is 0 Å². The zero-order valence-corrected chi connectivity index (χ0v) is 13.5. The van der Waals surface area contributed by atoms with E-state index >= 15 is 0 Å². The molecule has 0 aromatic heterocycles. The molecule has 21 heavy (non-hydrogen) atoms. The minimum absolute atomic E-state index is 0.521. The second-order valence-electron chi connectivity index (χ2n) is 4.44. The fraction of sp³-hybridized carbons (Fsp3) is 0.176. The molecule has 0 radical (unpaired) electrons. The molecule has 2 aromatic rings. The number of nitrogens with one attached hydrogen (secondary N) is 1. The van der Waals surface area contributed by atoms with Crippen LogP contribution in [0.3, 0.4) is 0 Å². The van der Waals surface area contributed by atoms with E-state index in [9.17, 15) is 0 Å². The Kier molecular flexibility index (Phi) is 5.69. The number of hydrogen-bond acceptors (Lipinski definition) is 3. The lowest BCUT2D eigenvalue weighted by molar-refractivity contribution is 0.363. The Morgan fingerprint density at radius 1 is 1.19 bits per heavy atom. The zero-order chi connectivity index (χ0) is 15.1. The number of rotatable bonds is 7. The minimum atomic E-state index is 0.521. The molecule has 4 heteroatoms. The number of benzene rings is 2. The monoisotopic (exact) mass is 347 g/mol. The van der Waals surface area contributed by atoms with Gasteiger partial charge in [0, 0.05) is 11.0 Å². The van der Waals surface area contributed by atoms with E-state index in [1.165, 1.54) is 5.56 Å². The highest BCUT2D eigenvalue weighted by Crippen LogP contribution is 2.28. The first-order valence-electron chi connectivity index (χ1n) is 6.63. The van der Waals surface area contributed by atoms with E-state index in [2.05, 4.69) is 27.8 Å². The van der Waals surface area contributed by atoms with Gasteiger partial charge in [-0.2, -0.15) is 0 Å². The van der Waals surface area contributed by atoms with Crippen molar-refractivity contribution in [2.45, 2.75) is 6.54 Å². The fourth-order valence-corrected chi connectivity index (χ4v) is 2.24. The van der Waals surface area contributed by atoms with Gasteiger partial charge in [0.25, 0.3) is 0 Å². The van der Waals surface area contributed by atoms with Crippen molar-refractivity contribution in [2.24, 2.45) is 0 Å². The molecule has 2 rings (SSSR count). The molecule has 0 amide bonds. The number of methoxy groups -OCH3 is 1. The van der Waals surface area contributed by atoms with E-state index in [4.69, 9.17) is 9.47 Å². The summed E-state index contributed by atoms with van der Waals surface area (Å²) in [5.74, 6) is 1.67. The summed E-state index contributed by atoms with van der Waals surface area (Å²) in [4.78, 5) is 0. The molecule has 0 aliphatic rings. The summed E-state index contributed by atoms with van der Waals surface area (Å²) in [5.41, 5.74) is 2.13. The van der Waals surface area contributed by atoms with Gasteiger partial charge in [0.2, 0.25) is 0 Å². The third-order valence-corrected chi connectivity index (χ3v) is 3.43. The average Bonchev–Trinajstić information content (AvgIpc) is 2.52. The van der Waals surface area contributed by atoms with Crippen molar-refractivity contribution < 1.29 is 9.47 Å². The van der Waals surface area contributed by atoms with Gasteiger partial charge in [0.05, 0.1) is 12.8 Å². The summed E-state index contributed by atoms with van der Waals surface area (Å²) in [5, 5.41) is 3.37. The van der Waals surface area contributed by atoms with Crippen molar-refractivity contribution in [3.63, 3.8) is 0 Å². The third-order valence-electron chi connectivity index (χ3n) is 2.94. The summed E-state index contributed by atoms with van der Waals surface area (Å²) >= 11 is 3.47. The maximum atomic E-state index is 5.46. The zero-order valence-electron chi connectivity index (χ0n) is 11.9. The lowest BCUT2D eigenvalue weighted by Gasteiger charge is -2.12. The molecular weight excluding hydrogens is 330 g/mol. The second-order valence-corrected chi connectivity index (χ2v) is 5.36. The fourth-order valence-electron chi connectivity index (χ4n) is 1.87. The van der Waals surface area contributed by atoms with Crippen LogP contribution in [-0.4, -0.2) is 13.7 Å². The molecule has 0 saturated carbocycles. The average molecular weight is 348 g/mol. The molecule has 0 fully saturated rings. The Balaban J connectivity index is 1.99. The molecule has 0 aliphatic heterocycles. The van der Waals surface area contributed by atoms with E-state index in [1.807, 2.05) is 42.5 Å². The van der Waals surface area contributed by atoms with Crippen molar-refractivity contribution in [2.75, 3.05) is 19.0 Å². The Labute approximate surface area is 133 Å². The number of halogens is 1. The number of ether oxygens (including phenoxy) is 2. The van der Waals surface area contributed by atoms with E-state index in [0.29, 0.717) is 13.2 Å². The molecule has 0 aliphatic carbocycles. The van der Waals surface area contributed by atoms with Crippen LogP contribution in [0.25, 0.3) is 0 Å². The van der Waals surface area contributed by atoms with Gasteiger partial charge < -0.3 is 14.8 Å². The molecule has 3 nitrogen and oxygen atoms in total. The van der Waals surface area contributed by atoms with Crippen LogP contribution in [-0.2, 0) is 6.54 Å². The predicted molar refractivity (Wildman–Crippen MR) is 90.2 cm³/mol. The summed E-state index contributed by atoms with van der Waals surface area (Å²) in [6, 6.07) is 13.9. The molecule has 0 unspecified atom stereocenters. The predicted octanol–water partition coefficient (Wildman–Crippen LogP) is 4.63. The van der Waals surface area contributed by atoms with Crippen molar-refractivity contribution >= 4 is 21.6 Å². The van der Waals surface area contributed by atoms with Crippen LogP contribution in [0, 0.1) is 0 Å². The highest BCUT2D eigenvalue weighted by molar-refractivity contribution is 9.10. The van der Waals surface area contributed by atoms with Crippen LogP contribution in [0.2, 0.25) is 0 Å². The standard InChI is InChI=1S/C17H18BrNO2/c1-3-10-21-15-7-4-13(5-8-15)12-19-16-11-14(18)6-9-17(16)20-2/h3-9,11,19H,1,10,12H2,2H3. The first-order chi connectivity index (χ1) is 10.2. The lowest BCUT2D eigenvalue weighted by atomic mass is 10.2. The molecule has 0 bridgehead atoms. The molecular formula is C17H18BrNO2. The Morgan fingerprint density at radius 3 is 2.62 bits per heavy atom. The second kappa shape index (κ2) is 7.74. The largest absolute Gasteiger partial charge is 0.495 e. The molecule has 2 aromatic carbocycles. The number of anilines is 1. The summed E-state index contributed by atoms with van der Waals surface area (Å²) in [6.07, 6.45) is 1.73. The summed E-state index contributed by atoms with van der Waals surface area (Å²) in [7, 11) is 1.67. The smallest absolute Gasteiger partial charge is 0.142 e.